The first-order chi connectivity index (χ1) is 18.8. The van der Waals surface area contributed by atoms with E-state index in [1.54, 1.807) is 0 Å². The van der Waals surface area contributed by atoms with Gasteiger partial charge in [-0.1, -0.05) is 50.9 Å². The number of likely N-dealkylation sites (tertiary alicyclic amines) is 2. The van der Waals surface area contributed by atoms with E-state index < -0.39 is 0 Å². The predicted octanol–water partition coefficient (Wildman–Crippen LogP) is 7.11. The number of piperidine rings is 2. The second-order valence-electron chi connectivity index (χ2n) is 10.9. The van der Waals surface area contributed by atoms with Crippen LogP contribution < -0.4 is 0 Å². The van der Waals surface area contributed by atoms with Crippen LogP contribution in [0.25, 0.3) is 10.9 Å². The summed E-state index contributed by atoms with van der Waals surface area (Å²) in [5, 5.41) is 6.20. The van der Waals surface area contributed by atoms with Crippen LogP contribution in [0, 0.1) is 12.8 Å². The molecule has 0 N–H and O–H groups in total. The Morgan fingerprint density at radius 2 is 1.79 bits per heavy atom. The lowest BCUT2D eigenvalue weighted by Crippen LogP contribution is -2.56. The molecule has 2 aliphatic rings. The fourth-order valence-corrected chi connectivity index (χ4v) is 6.28. The first kappa shape index (κ1) is 28.1. The summed E-state index contributed by atoms with van der Waals surface area (Å²) >= 11 is 9.84. The summed E-state index contributed by atoms with van der Waals surface area (Å²) in [6, 6.07) is 16.0. The number of oxime groups is 1. The number of nitrogens with zero attached hydrogens (tertiary/aromatic N) is 4. The SMILES string of the molecule is CCO/N=C(/c1ccc(Br)cc1)C1CCN(C2(C)CCN(C(=O)c3ccc4cc(C)c(Cl)cc4n3)CC2)CC1. The zero-order valence-electron chi connectivity index (χ0n) is 22.9. The van der Waals surface area contributed by atoms with Crippen molar-refractivity contribution in [2.24, 2.45) is 11.1 Å². The number of carbonyl (C=O) groups is 1. The topological polar surface area (TPSA) is 58.0 Å². The summed E-state index contributed by atoms with van der Waals surface area (Å²) in [7, 11) is 0. The standard InChI is InChI=1S/C31H36BrClN4O2/c1-4-39-35-29(22-5-8-25(32)9-6-22)23-11-15-37(16-12-23)31(3)13-17-36(18-14-31)30(38)27-10-7-24-19-21(2)26(33)20-28(24)34-27/h5-10,19-20,23H,4,11-18H2,1-3H3/b35-29-. The van der Waals surface area contributed by atoms with E-state index in [0.717, 1.165) is 84.1 Å². The van der Waals surface area contributed by atoms with Crippen LogP contribution in [0.2, 0.25) is 5.02 Å². The molecule has 0 radical (unpaired) electrons. The average Bonchev–Trinajstić information content (AvgIpc) is 2.95. The molecular formula is C31H36BrClN4O2. The van der Waals surface area contributed by atoms with E-state index in [1.807, 2.05) is 43.0 Å². The second kappa shape index (κ2) is 11.9. The molecule has 1 amide bonds. The number of amides is 1. The summed E-state index contributed by atoms with van der Waals surface area (Å²) in [6.45, 7) is 10.4. The van der Waals surface area contributed by atoms with Crippen molar-refractivity contribution >= 4 is 50.1 Å². The zero-order valence-corrected chi connectivity index (χ0v) is 25.3. The van der Waals surface area contributed by atoms with Gasteiger partial charge in [0.25, 0.3) is 5.91 Å². The molecule has 2 aliphatic heterocycles. The third-order valence-electron chi connectivity index (χ3n) is 8.39. The van der Waals surface area contributed by atoms with E-state index in [-0.39, 0.29) is 11.4 Å². The molecule has 1 aromatic heterocycles. The van der Waals surface area contributed by atoms with Crippen molar-refractivity contribution in [1.29, 1.82) is 0 Å². The molecule has 0 spiro atoms. The van der Waals surface area contributed by atoms with Crippen LogP contribution in [0.3, 0.4) is 0 Å². The number of rotatable bonds is 6. The van der Waals surface area contributed by atoms with Gasteiger partial charge in [-0.15, -0.1) is 0 Å². The predicted molar refractivity (Wildman–Crippen MR) is 162 cm³/mol. The van der Waals surface area contributed by atoms with Crippen LogP contribution in [0.4, 0.5) is 0 Å². The number of hydrogen-bond acceptors (Lipinski definition) is 5. The number of benzene rings is 2. The lowest BCUT2D eigenvalue weighted by Gasteiger charge is -2.49. The Labute approximate surface area is 244 Å². The molecule has 2 saturated heterocycles. The Morgan fingerprint density at radius 3 is 2.46 bits per heavy atom. The van der Waals surface area contributed by atoms with Crippen molar-refractivity contribution < 1.29 is 9.63 Å². The van der Waals surface area contributed by atoms with Gasteiger partial charge in [-0.25, -0.2) is 4.98 Å². The van der Waals surface area contributed by atoms with Crippen molar-refractivity contribution in [3.63, 3.8) is 0 Å². The largest absolute Gasteiger partial charge is 0.396 e. The fourth-order valence-electron chi connectivity index (χ4n) is 5.86. The number of carbonyl (C=O) groups excluding carboxylic acids is 1. The van der Waals surface area contributed by atoms with Crippen LogP contribution in [-0.2, 0) is 4.84 Å². The van der Waals surface area contributed by atoms with Gasteiger partial charge >= 0.3 is 0 Å². The van der Waals surface area contributed by atoms with Crippen LogP contribution in [0.5, 0.6) is 0 Å². The highest BCUT2D eigenvalue weighted by atomic mass is 79.9. The van der Waals surface area contributed by atoms with Crippen LogP contribution in [0.1, 0.15) is 61.1 Å². The van der Waals surface area contributed by atoms with Gasteiger partial charge in [-0.3, -0.25) is 9.69 Å². The van der Waals surface area contributed by atoms with Crippen LogP contribution in [-0.4, -0.2) is 64.7 Å². The van der Waals surface area contributed by atoms with E-state index in [2.05, 4.69) is 62.2 Å². The Morgan fingerprint density at radius 1 is 1.10 bits per heavy atom. The fraction of sp³-hybridized carbons (Fsp3) is 0.452. The lowest BCUT2D eigenvalue weighted by molar-refractivity contribution is 0.0160. The monoisotopic (exact) mass is 610 g/mol. The molecule has 0 bridgehead atoms. The molecule has 0 unspecified atom stereocenters. The molecule has 2 aromatic carbocycles. The number of pyridine rings is 1. The summed E-state index contributed by atoms with van der Waals surface area (Å²) in [6.07, 6.45) is 4.00. The molecule has 3 heterocycles. The van der Waals surface area contributed by atoms with E-state index in [1.165, 1.54) is 0 Å². The molecule has 0 atom stereocenters. The van der Waals surface area contributed by atoms with E-state index in [4.69, 9.17) is 16.4 Å². The minimum absolute atomic E-state index is 0.000584. The number of aromatic nitrogens is 1. The highest BCUT2D eigenvalue weighted by Crippen LogP contribution is 2.34. The highest BCUT2D eigenvalue weighted by molar-refractivity contribution is 9.10. The van der Waals surface area contributed by atoms with Gasteiger partial charge < -0.3 is 9.74 Å². The van der Waals surface area contributed by atoms with Crippen molar-refractivity contribution in [2.45, 2.75) is 52.0 Å². The Kier molecular flexibility index (Phi) is 8.60. The first-order valence-electron chi connectivity index (χ1n) is 13.8. The minimum atomic E-state index is 0.000584. The maximum Gasteiger partial charge on any atom is 0.272 e. The van der Waals surface area contributed by atoms with Gasteiger partial charge in [-0.2, -0.15) is 0 Å². The lowest BCUT2D eigenvalue weighted by atomic mass is 9.82. The number of halogens is 2. The van der Waals surface area contributed by atoms with Gasteiger partial charge in [0.2, 0.25) is 0 Å². The average molecular weight is 612 g/mol. The molecule has 39 heavy (non-hydrogen) atoms. The molecular weight excluding hydrogens is 576 g/mol. The summed E-state index contributed by atoms with van der Waals surface area (Å²) in [4.78, 5) is 28.1. The number of hydrogen-bond donors (Lipinski definition) is 0. The Balaban J connectivity index is 1.20. The Bertz CT molecular complexity index is 1360. The smallest absolute Gasteiger partial charge is 0.272 e. The molecule has 0 aliphatic carbocycles. The van der Waals surface area contributed by atoms with E-state index >= 15 is 0 Å². The highest BCUT2D eigenvalue weighted by Gasteiger charge is 2.39. The minimum Gasteiger partial charge on any atom is -0.396 e. The second-order valence-corrected chi connectivity index (χ2v) is 12.3. The van der Waals surface area contributed by atoms with E-state index in [9.17, 15) is 4.79 Å². The van der Waals surface area contributed by atoms with E-state index in [0.29, 0.717) is 23.2 Å². The molecule has 2 fully saturated rings. The molecule has 8 heteroatoms. The van der Waals surface area contributed by atoms with Crippen molar-refractivity contribution in [1.82, 2.24) is 14.8 Å². The number of fused-ring (bicyclic) bond motifs is 1. The van der Waals surface area contributed by atoms with Gasteiger partial charge in [0, 0.05) is 39.4 Å². The summed E-state index contributed by atoms with van der Waals surface area (Å²) in [5.74, 6) is 0.371. The molecule has 206 valence electrons. The first-order valence-corrected chi connectivity index (χ1v) is 15.0. The third-order valence-corrected chi connectivity index (χ3v) is 9.33. The summed E-state index contributed by atoms with van der Waals surface area (Å²) < 4.78 is 1.06. The van der Waals surface area contributed by atoms with Gasteiger partial charge in [-0.05, 0) is 101 Å². The third kappa shape index (κ3) is 6.16. The molecule has 3 aromatic rings. The normalized spacial score (nSPS) is 18.9. The van der Waals surface area contributed by atoms with Gasteiger partial charge in [0.05, 0.1) is 11.2 Å². The molecule has 5 rings (SSSR count). The van der Waals surface area contributed by atoms with Gasteiger partial charge in [0.15, 0.2) is 0 Å². The van der Waals surface area contributed by atoms with Crippen molar-refractivity contribution in [3.05, 3.63) is 74.8 Å². The van der Waals surface area contributed by atoms with Crippen LogP contribution >= 0.6 is 27.5 Å². The van der Waals surface area contributed by atoms with Crippen molar-refractivity contribution in [2.75, 3.05) is 32.8 Å². The number of aryl methyl sites for hydroxylation is 1. The molecule has 6 nitrogen and oxygen atoms in total. The van der Waals surface area contributed by atoms with Crippen molar-refractivity contribution in [3.8, 4) is 0 Å². The molecule has 0 saturated carbocycles. The maximum atomic E-state index is 13.3. The Hall–Kier alpha value is -2.48. The van der Waals surface area contributed by atoms with Crippen LogP contribution in [0.15, 0.2) is 58.2 Å². The quantitative estimate of drug-likeness (QED) is 0.220. The zero-order chi connectivity index (χ0) is 27.6. The maximum absolute atomic E-state index is 13.3. The van der Waals surface area contributed by atoms with Gasteiger partial charge in [0.1, 0.15) is 12.3 Å². The summed E-state index contributed by atoms with van der Waals surface area (Å²) in [5.41, 5.74) is 4.52.